The lowest BCUT2D eigenvalue weighted by Crippen LogP contribution is -2.16. The molecule has 9 heteroatoms. The Bertz CT molecular complexity index is 1300. The third-order valence-corrected chi connectivity index (χ3v) is 7.17. The van der Waals surface area contributed by atoms with E-state index in [4.69, 9.17) is 4.74 Å². The maximum Gasteiger partial charge on any atom is 0.341 e. The fourth-order valence-electron chi connectivity index (χ4n) is 3.66. The van der Waals surface area contributed by atoms with Crippen LogP contribution >= 0.6 is 23.1 Å². The van der Waals surface area contributed by atoms with Gasteiger partial charge in [-0.2, -0.15) is 0 Å². The highest BCUT2D eigenvalue weighted by atomic mass is 32.2. The first-order valence-corrected chi connectivity index (χ1v) is 12.5. The van der Waals surface area contributed by atoms with Crippen molar-refractivity contribution in [3.63, 3.8) is 0 Å². The second-order valence-corrected chi connectivity index (χ2v) is 9.52. The van der Waals surface area contributed by atoms with Gasteiger partial charge in [-0.25, -0.2) is 4.79 Å². The number of carbonyl (C=O) groups excluding carboxylic acids is 2. The molecule has 0 aliphatic carbocycles. The predicted octanol–water partition coefficient (Wildman–Crippen LogP) is 5.52. The predicted molar refractivity (Wildman–Crippen MR) is 136 cm³/mol. The van der Waals surface area contributed by atoms with E-state index in [1.807, 2.05) is 79.1 Å². The Kier molecular flexibility index (Phi) is 7.44. The van der Waals surface area contributed by atoms with E-state index in [1.165, 1.54) is 30.2 Å². The molecule has 1 amide bonds. The smallest absolute Gasteiger partial charge is 0.341 e. The Morgan fingerprint density at radius 1 is 1.03 bits per heavy atom. The molecule has 0 aliphatic heterocycles. The van der Waals surface area contributed by atoms with Crippen molar-refractivity contribution in [3.05, 3.63) is 71.1 Å². The highest BCUT2D eigenvalue weighted by molar-refractivity contribution is 7.99. The van der Waals surface area contributed by atoms with Gasteiger partial charge < -0.3 is 14.6 Å². The molecule has 0 bridgehead atoms. The van der Waals surface area contributed by atoms with E-state index in [2.05, 4.69) is 15.5 Å². The molecule has 2 aromatic carbocycles. The van der Waals surface area contributed by atoms with E-state index in [0.29, 0.717) is 22.3 Å². The standard InChI is InChI=1S/C25H24N4O3S2/c1-4-29-22(18-13-9-6-10-14-18)27-28-25(29)33-15-19(30)26-23-21(24(31)32-3)20(16(2)34-23)17-11-7-5-8-12-17/h5-14H,4,15H2,1-3H3,(H,26,30). The number of aromatic nitrogens is 3. The summed E-state index contributed by atoms with van der Waals surface area (Å²) in [5.74, 6) is 0.179. The number of rotatable bonds is 8. The average molecular weight is 493 g/mol. The number of amides is 1. The van der Waals surface area contributed by atoms with Crippen molar-refractivity contribution < 1.29 is 14.3 Å². The van der Waals surface area contributed by atoms with Gasteiger partial charge in [0, 0.05) is 22.5 Å². The number of ether oxygens (including phenoxy) is 1. The summed E-state index contributed by atoms with van der Waals surface area (Å²) >= 11 is 2.67. The third kappa shape index (κ3) is 4.90. The van der Waals surface area contributed by atoms with E-state index < -0.39 is 5.97 Å². The molecule has 0 saturated heterocycles. The summed E-state index contributed by atoms with van der Waals surface area (Å²) < 4.78 is 7.01. The van der Waals surface area contributed by atoms with Crippen LogP contribution in [0.4, 0.5) is 5.00 Å². The second-order valence-electron chi connectivity index (χ2n) is 7.35. The van der Waals surface area contributed by atoms with Gasteiger partial charge in [-0.05, 0) is 19.4 Å². The van der Waals surface area contributed by atoms with Crippen LogP contribution < -0.4 is 5.32 Å². The maximum absolute atomic E-state index is 12.8. The number of nitrogens with zero attached hydrogens (tertiary/aromatic N) is 3. The first-order valence-electron chi connectivity index (χ1n) is 10.7. The van der Waals surface area contributed by atoms with Crippen molar-refractivity contribution >= 4 is 40.0 Å². The molecule has 2 heterocycles. The number of aryl methyl sites for hydroxylation is 1. The zero-order valence-electron chi connectivity index (χ0n) is 19.1. The van der Waals surface area contributed by atoms with Gasteiger partial charge in [0.05, 0.1) is 12.9 Å². The van der Waals surface area contributed by atoms with Gasteiger partial charge in [-0.3, -0.25) is 4.79 Å². The summed E-state index contributed by atoms with van der Waals surface area (Å²) in [5.41, 5.74) is 3.02. The van der Waals surface area contributed by atoms with Crippen LogP contribution in [0.3, 0.4) is 0 Å². The molecular weight excluding hydrogens is 468 g/mol. The highest BCUT2D eigenvalue weighted by Gasteiger charge is 2.25. The number of thioether (sulfide) groups is 1. The number of esters is 1. The van der Waals surface area contributed by atoms with Crippen LogP contribution in [0, 0.1) is 6.92 Å². The number of thiophene rings is 1. The molecule has 2 aromatic heterocycles. The number of hydrogen-bond acceptors (Lipinski definition) is 7. The summed E-state index contributed by atoms with van der Waals surface area (Å²) in [5, 5.41) is 12.7. The number of hydrogen-bond donors (Lipinski definition) is 1. The Balaban J connectivity index is 1.53. The molecule has 0 spiro atoms. The highest BCUT2D eigenvalue weighted by Crippen LogP contribution is 2.40. The van der Waals surface area contributed by atoms with Crippen molar-refractivity contribution in [2.45, 2.75) is 25.5 Å². The lowest BCUT2D eigenvalue weighted by molar-refractivity contribution is -0.113. The first kappa shape index (κ1) is 23.7. The van der Waals surface area contributed by atoms with Gasteiger partial charge in [-0.1, -0.05) is 72.4 Å². The molecule has 0 fully saturated rings. The number of carbonyl (C=O) groups is 2. The van der Waals surface area contributed by atoms with E-state index in [9.17, 15) is 9.59 Å². The molecule has 34 heavy (non-hydrogen) atoms. The maximum atomic E-state index is 12.8. The lowest BCUT2D eigenvalue weighted by atomic mass is 10.0. The molecule has 0 radical (unpaired) electrons. The second kappa shape index (κ2) is 10.7. The van der Waals surface area contributed by atoms with Crippen LogP contribution in [-0.2, 0) is 16.1 Å². The minimum absolute atomic E-state index is 0.130. The zero-order chi connectivity index (χ0) is 24.1. The molecule has 0 unspecified atom stereocenters. The van der Waals surface area contributed by atoms with Crippen LogP contribution in [0.25, 0.3) is 22.5 Å². The van der Waals surface area contributed by atoms with E-state index in [1.54, 1.807) is 0 Å². The fourth-order valence-corrected chi connectivity index (χ4v) is 5.54. The van der Waals surface area contributed by atoms with Gasteiger partial charge >= 0.3 is 5.97 Å². The fraction of sp³-hybridized carbons (Fsp3) is 0.200. The summed E-state index contributed by atoms with van der Waals surface area (Å²) in [6, 6.07) is 19.4. The van der Waals surface area contributed by atoms with Gasteiger partial charge in [0.15, 0.2) is 11.0 Å². The van der Waals surface area contributed by atoms with Gasteiger partial charge in [0.25, 0.3) is 0 Å². The molecule has 0 saturated carbocycles. The summed E-state index contributed by atoms with van der Waals surface area (Å²) in [6.07, 6.45) is 0. The molecule has 0 atom stereocenters. The largest absolute Gasteiger partial charge is 0.465 e. The molecule has 0 aliphatic rings. The topological polar surface area (TPSA) is 86.1 Å². The number of anilines is 1. The van der Waals surface area contributed by atoms with Crippen LogP contribution in [-0.4, -0.2) is 39.5 Å². The first-order chi connectivity index (χ1) is 16.5. The number of methoxy groups -OCH3 is 1. The minimum atomic E-state index is -0.482. The van der Waals surface area contributed by atoms with Crippen molar-refractivity contribution in [1.29, 1.82) is 0 Å². The molecular formula is C25H24N4O3S2. The molecule has 174 valence electrons. The minimum Gasteiger partial charge on any atom is -0.465 e. The summed E-state index contributed by atoms with van der Waals surface area (Å²) in [4.78, 5) is 26.4. The number of nitrogens with one attached hydrogen (secondary N) is 1. The molecule has 1 N–H and O–H groups in total. The van der Waals surface area contributed by atoms with E-state index in [0.717, 1.165) is 27.4 Å². The number of benzene rings is 2. The van der Waals surface area contributed by atoms with E-state index >= 15 is 0 Å². The Morgan fingerprint density at radius 3 is 2.29 bits per heavy atom. The average Bonchev–Trinajstić information content (AvgIpc) is 3.43. The normalized spacial score (nSPS) is 10.8. The van der Waals surface area contributed by atoms with Gasteiger partial charge in [-0.15, -0.1) is 21.5 Å². The van der Waals surface area contributed by atoms with Crippen molar-refractivity contribution in [1.82, 2.24) is 14.8 Å². The van der Waals surface area contributed by atoms with Crippen LogP contribution in [0.15, 0.2) is 65.8 Å². The quantitative estimate of drug-likeness (QED) is 0.257. The van der Waals surface area contributed by atoms with Crippen LogP contribution in [0.1, 0.15) is 22.2 Å². The van der Waals surface area contributed by atoms with Crippen molar-refractivity contribution in [2.75, 3.05) is 18.2 Å². The van der Waals surface area contributed by atoms with Crippen molar-refractivity contribution in [2.24, 2.45) is 0 Å². The van der Waals surface area contributed by atoms with Crippen LogP contribution in [0.5, 0.6) is 0 Å². The Morgan fingerprint density at radius 2 is 1.68 bits per heavy atom. The summed E-state index contributed by atoms with van der Waals surface area (Å²) in [7, 11) is 1.34. The molecule has 4 aromatic rings. The van der Waals surface area contributed by atoms with Gasteiger partial charge in [0.2, 0.25) is 5.91 Å². The lowest BCUT2D eigenvalue weighted by Gasteiger charge is -2.09. The molecule has 4 rings (SSSR count). The Hall–Kier alpha value is -3.43. The van der Waals surface area contributed by atoms with Crippen molar-refractivity contribution in [3.8, 4) is 22.5 Å². The van der Waals surface area contributed by atoms with E-state index in [-0.39, 0.29) is 11.7 Å². The third-order valence-electron chi connectivity index (χ3n) is 5.19. The van der Waals surface area contributed by atoms with Crippen LogP contribution in [0.2, 0.25) is 0 Å². The van der Waals surface area contributed by atoms with Gasteiger partial charge in [0.1, 0.15) is 10.6 Å². The zero-order valence-corrected chi connectivity index (χ0v) is 20.7. The SMILES string of the molecule is CCn1c(SCC(=O)Nc2sc(C)c(-c3ccccc3)c2C(=O)OC)nnc1-c1ccccc1. The monoisotopic (exact) mass is 492 g/mol. The molecule has 7 nitrogen and oxygen atoms in total. The Labute approximate surface area is 206 Å². The summed E-state index contributed by atoms with van der Waals surface area (Å²) in [6.45, 7) is 4.62.